The van der Waals surface area contributed by atoms with E-state index in [4.69, 9.17) is 11.6 Å². The van der Waals surface area contributed by atoms with Crippen LogP contribution in [0, 0.1) is 0 Å². The van der Waals surface area contributed by atoms with Crippen molar-refractivity contribution in [2.75, 3.05) is 0 Å². The van der Waals surface area contributed by atoms with Crippen molar-refractivity contribution in [2.24, 2.45) is 0 Å². The quantitative estimate of drug-likeness (QED) is 0.396. The fourth-order valence-electron chi connectivity index (χ4n) is 0.398. The van der Waals surface area contributed by atoms with E-state index in [2.05, 4.69) is 6.92 Å². The van der Waals surface area contributed by atoms with Crippen LogP contribution in [0.3, 0.4) is 0 Å². The first-order valence-corrected chi connectivity index (χ1v) is 2.85. The van der Waals surface area contributed by atoms with Gasteiger partial charge in [0.25, 0.3) is 0 Å². The second kappa shape index (κ2) is 6.82. The van der Waals surface area contributed by atoms with Gasteiger partial charge in [0.05, 0.1) is 0 Å². The SMILES string of the molecule is CCCC(C)Cl.[AlH3]. The van der Waals surface area contributed by atoms with Crippen LogP contribution in [0.5, 0.6) is 0 Å². The van der Waals surface area contributed by atoms with Gasteiger partial charge in [-0.05, 0) is 13.3 Å². The van der Waals surface area contributed by atoms with Crippen molar-refractivity contribution in [3.05, 3.63) is 0 Å². The van der Waals surface area contributed by atoms with Crippen molar-refractivity contribution >= 4 is 29.0 Å². The molecule has 0 rings (SSSR count). The number of hydrogen-bond donors (Lipinski definition) is 0. The minimum Gasteiger partial charge on any atom is -0.123 e. The highest BCUT2D eigenvalue weighted by Crippen LogP contribution is 2.01. The van der Waals surface area contributed by atoms with Gasteiger partial charge in [0.1, 0.15) is 0 Å². The third-order valence-corrected chi connectivity index (χ3v) is 0.905. The standard InChI is InChI=1S/C5H11Cl.Al.3H/c1-3-4-5(2)6;;;;/h5H,3-4H2,1-2H3;;;;. The molecule has 0 aliphatic rings. The summed E-state index contributed by atoms with van der Waals surface area (Å²) in [4.78, 5) is 0. The van der Waals surface area contributed by atoms with E-state index in [9.17, 15) is 0 Å². The fraction of sp³-hybridized carbons (Fsp3) is 1.00. The Kier molecular flexibility index (Phi) is 10.5. The minimum absolute atomic E-state index is 0. The summed E-state index contributed by atoms with van der Waals surface area (Å²) in [5.74, 6) is 0. The maximum absolute atomic E-state index is 5.58. The summed E-state index contributed by atoms with van der Waals surface area (Å²) in [6.45, 7) is 4.16. The summed E-state index contributed by atoms with van der Waals surface area (Å²) in [5, 5.41) is 0.370. The van der Waals surface area contributed by atoms with E-state index in [-0.39, 0.29) is 17.4 Å². The molecule has 0 saturated carbocycles. The van der Waals surface area contributed by atoms with E-state index in [1.807, 2.05) is 6.92 Å². The van der Waals surface area contributed by atoms with Crippen molar-refractivity contribution in [1.82, 2.24) is 0 Å². The number of alkyl halides is 1. The van der Waals surface area contributed by atoms with Gasteiger partial charge in [0, 0.05) is 5.38 Å². The van der Waals surface area contributed by atoms with E-state index in [0.717, 1.165) is 6.42 Å². The fourth-order valence-corrected chi connectivity index (χ4v) is 0.616. The van der Waals surface area contributed by atoms with Crippen LogP contribution in [0.25, 0.3) is 0 Å². The number of rotatable bonds is 2. The molecule has 0 fully saturated rings. The molecule has 1 unspecified atom stereocenters. The molecule has 0 nitrogen and oxygen atoms in total. The molecule has 0 spiro atoms. The molecule has 0 N–H and O–H groups in total. The predicted octanol–water partition coefficient (Wildman–Crippen LogP) is 1.23. The third-order valence-electron chi connectivity index (χ3n) is 0.686. The zero-order chi connectivity index (χ0) is 4.99. The maximum Gasteiger partial charge on any atom is 0.187 e. The molecule has 7 heavy (non-hydrogen) atoms. The smallest absolute Gasteiger partial charge is 0.123 e. The van der Waals surface area contributed by atoms with Gasteiger partial charge in [-0.2, -0.15) is 0 Å². The first-order chi connectivity index (χ1) is 2.77. The second-order valence-electron chi connectivity index (χ2n) is 1.57. The third kappa shape index (κ3) is 10.9. The second-order valence-corrected chi connectivity index (χ2v) is 2.31. The molecular formula is C5H14AlCl. The lowest BCUT2D eigenvalue weighted by atomic mass is 10.3. The Morgan fingerprint density at radius 2 is 2.00 bits per heavy atom. The van der Waals surface area contributed by atoms with Gasteiger partial charge in [-0.25, -0.2) is 0 Å². The average molecular weight is 137 g/mol. The van der Waals surface area contributed by atoms with Crippen molar-refractivity contribution in [1.29, 1.82) is 0 Å². The predicted molar refractivity (Wildman–Crippen MR) is 40.2 cm³/mol. The summed E-state index contributed by atoms with van der Waals surface area (Å²) < 4.78 is 0. The Bertz CT molecular complexity index is 29.3. The molecule has 44 valence electrons. The van der Waals surface area contributed by atoms with E-state index in [1.54, 1.807) is 0 Å². The zero-order valence-corrected chi connectivity index (χ0v) is 5.13. The highest BCUT2D eigenvalue weighted by atomic mass is 35.5. The molecule has 2 heteroatoms. The van der Waals surface area contributed by atoms with Gasteiger partial charge in [-0.1, -0.05) is 13.3 Å². The normalized spacial score (nSPS) is 12.4. The molecule has 0 aromatic rings. The number of hydrogen-bond acceptors (Lipinski definition) is 0. The van der Waals surface area contributed by atoms with Crippen LogP contribution >= 0.6 is 11.6 Å². The molecule has 0 aromatic heterocycles. The van der Waals surface area contributed by atoms with Crippen LogP contribution in [0.2, 0.25) is 0 Å². The van der Waals surface area contributed by atoms with Crippen molar-refractivity contribution < 1.29 is 0 Å². The zero-order valence-electron chi connectivity index (χ0n) is 4.37. The van der Waals surface area contributed by atoms with Crippen molar-refractivity contribution in [3.63, 3.8) is 0 Å². The Hall–Kier alpha value is 0.822. The summed E-state index contributed by atoms with van der Waals surface area (Å²) in [5.41, 5.74) is 0. The first-order valence-electron chi connectivity index (χ1n) is 2.41. The number of halogens is 1. The molecule has 1 atom stereocenters. The van der Waals surface area contributed by atoms with E-state index in [0.29, 0.717) is 5.38 Å². The van der Waals surface area contributed by atoms with Gasteiger partial charge in [-0.3, -0.25) is 0 Å². The van der Waals surface area contributed by atoms with Crippen LogP contribution in [0.1, 0.15) is 26.7 Å². The molecule has 0 aromatic carbocycles. The van der Waals surface area contributed by atoms with Crippen molar-refractivity contribution in [3.8, 4) is 0 Å². The van der Waals surface area contributed by atoms with Crippen LogP contribution in [-0.4, -0.2) is 22.7 Å². The van der Waals surface area contributed by atoms with Crippen LogP contribution in [-0.2, 0) is 0 Å². The van der Waals surface area contributed by atoms with Crippen LogP contribution in [0.4, 0.5) is 0 Å². The molecule has 0 aliphatic carbocycles. The highest BCUT2D eigenvalue weighted by Gasteiger charge is 1.88. The molecule has 0 bridgehead atoms. The van der Waals surface area contributed by atoms with Gasteiger partial charge >= 0.3 is 0 Å². The Morgan fingerprint density at radius 3 is 2.00 bits per heavy atom. The minimum atomic E-state index is 0. The Labute approximate surface area is 61.4 Å². The molecule has 0 aliphatic heterocycles. The van der Waals surface area contributed by atoms with E-state index >= 15 is 0 Å². The monoisotopic (exact) mass is 136 g/mol. The van der Waals surface area contributed by atoms with Crippen LogP contribution in [0.15, 0.2) is 0 Å². The van der Waals surface area contributed by atoms with Gasteiger partial charge < -0.3 is 0 Å². The first kappa shape index (κ1) is 10.7. The van der Waals surface area contributed by atoms with Gasteiger partial charge in [0.15, 0.2) is 17.4 Å². The molecule has 0 amide bonds. The average Bonchev–Trinajstić information content (AvgIpc) is 1.35. The summed E-state index contributed by atoms with van der Waals surface area (Å²) in [6.07, 6.45) is 2.34. The highest BCUT2D eigenvalue weighted by molar-refractivity contribution is 6.20. The lowest BCUT2D eigenvalue weighted by Gasteiger charge is -1.93. The van der Waals surface area contributed by atoms with Gasteiger partial charge in [0.2, 0.25) is 0 Å². The molecule has 0 saturated heterocycles. The lowest BCUT2D eigenvalue weighted by molar-refractivity contribution is 0.779. The summed E-state index contributed by atoms with van der Waals surface area (Å²) >= 11 is 5.58. The van der Waals surface area contributed by atoms with Crippen molar-refractivity contribution in [2.45, 2.75) is 32.1 Å². The largest absolute Gasteiger partial charge is 0.187 e. The summed E-state index contributed by atoms with van der Waals surface area (Å²) in [6, 6.07) is 0. The van der Waals surface area contributed by atoms with Gasteiger partial charge in [-0.15, -0.1) is 11.6 Å². The molecule has 0 radical (unpaired) electrons. The summed E-state index contributed by atoms with van der Waals surface area (Å²) in [7, 11) is 0. The van der Waals surface area contributed by atoms with E-state index < -0.39 is 0 Å². The molecule has 0 heterocycles. The van der Waals surface area contributed by atoms with Crippen LogP contribution < -0.4 is 0 Å². The van der Waals surface area contributed by atoms with E-state index in [1.165, 1.54) is 6.42 Å². The maximum atomic E-state index is 5.58. The Morgan fingerprint density at radius 1 is 1.57 bits per heavy atom. The Balaban J connectivity index is 0. The molecular weight excluding hydrogens is 122 g/mol. The lowest BCUT2D eigenvalue weighted by Crippen LogP contribution is -1.85. The topological polar surface area (TPSA) is 0 Å².